The van der Waals surface area contributed by atoms with Gasteiger partial charge in [0.1, 0.15) is 0 Å². The van der Waals surface area contributed by atoms with Crippen LogP contribution in [0.15, 0.2) is 27.8 Å². The van der Waals surface area contributed by atoms with Crippen LogP contribution in [0.2, 0.25) is 0 Å². The quantitative estimate of drug-likeness (QED) is 0.668. The first-order chi connectivity index (χ1) is 7.24. The van der Waals surface area contributed by atoms with Gasteiger partial charge in [0.15, 0.2) is 0 Å². The fourth-order valence-electron chi connectivity index (χ4n) is 1.48. The zero-order chi connectivity index (χ0) is 10.8. The molecule has 0 aromatic carbocycles. The molecule has 4 nitrogen and oxygen atoms in total. The van der Waals surface area contributed by atoms with Crippen molar-refractivity contribution in [1.82, 2.24) is 15.0 Å². The minimum absolute atomic E-state index is 0.0295. The smallest absolute Gasteiger partial charge is 0.0946 e. The van der Waals surface area contributed by atoms with Gasteiger partial charge in [-0.3, -0.25) is 5.84 Å². The molecule has 0 fully saturated rings. The van der Waals surface area contributed by atoms with Crippen molar-refractivity contribution in [3.8, 4) is 0 Å². The van der Waals surface area contributed by atoms with E-state index in [0.29, 0.717) is 0 Å². The predicted molar refractivity (Wildman–Crippen MR) is 64.4 cm³/mol. The summed E-state index contributed by atoms with van der Waals surface area (Å²) in [4.78, 5) is 4.09. The molecule has 80 valence electrons. The number of nitrogens with two attached hydrogens (primary N) is 1. The SMILES string of the molecule is Cn1cncc1C(NN)c1cscc1Br. The van der Waals surface area contributed by atoms with Crippen LogP contribution < -0.4 is 11.3 Å². The first kappa shape index (κ1) is 10.8. The number of aromatic nitrogens is 2. The molecule has 0 aliphatic carbocycles. The van der Waals surface area contributed by atoms with E-state index in [1.165, 1.54) is 0 Å². The topological polar surface area (TPSA) is 55.9 Å². The molecule has 0 bridgehead atoms. The highest BCUT2D eigenvalue weighted by molar-refractivity contribution is 9.10. The lowest BCUT2D eigenvalue weighted by Gasteiger charge is -2.15. The van der Waals surface area contributed by atoms with Gasteiger partial charge in [0.05, 0.1) is 24.3 Å². The van der Waals surface area contributed by atoms with Gasteiger partial charge in [0, 0.05) is 22.5 Å². The number of hydrazine groups is 1. The fourth-order valence-corrected chi connectivity index (χ4v) is 3.03. The largest absolute Gasteiger partial charge is 0.336 e. The molecule has 15 heavy (non-hydrogen) atoms. The number of hydrogen-bond donors (Lipinski definition) is 2. The van der Waals surface area contributed by atoms with Crippen molar-refractivity contribution in [2.24, 2.45) is 12.9 Å². The highest BCUT2D eigenvalue weighted by atomic mass is 79.9. The summed E-state index contributed by atoms with van der Waals surface area (Å²) in [6.45, 7) is 0. The van der Waals surface area contributed by atoms with Crippen LogP contribution in [0.1, 0.15) is 17.3 Å². The molecule has 0 radical (unpaired) electrons. The molecule has 2 heterocycles. The van der Waals surface area contributed by atoms with Crippen LogP contribution in [0, 0.1) is 0 Å². The average Bonchev–Trinajstić information content (AvgIpc) is 2.80. The molecule has 0 aliphatic heterocycles. The normalized spacial score (nSPS) is 13.0. The lowest BCUT2D eigenvalue weighted by Crippen LogP contribution is -2.30. The lowest BCUT2D eigenvalue weighted by molar-refractivity contribution is 0.597. The van der Waals surface area contributed by atoms with Gasteiger partial charge >= 0.3 is 0 Å². The minimum Gasteiger partial charge on any atom is -0.336 e. The van der Waals surface area contributed by atoms with Gasteiger partial charge in [-0.15, -0.1) is 0 Å². The third-order valence-electron chi connectivity index (χ3n) is 2.27. The first-order valence-electron chi connectivity index (χ1n) is 4.38. The third kappa shape index (κ3) is 1.98. The van der Waals surface area contributed by atoms with Crippen molar-refractivity contribution in [3.63, 3.8) is 0 Å². The summed E-state index contributed by atoms with van der Waals surface area (Å²) in [7, 11) is 1.95. The van der Waals surface area contributed by atoms with Crippen LogP contribution >= 0.6 is 27.3 Å². The molecule has 6 heteroatoms. The number of hydrogen-bond acceptors (Lipinski definition) is 4. The van der Waals surface area contributed by atoms with Gasteiger partial charge in [0.2, 0.25) is 0 Å². The Hall–Kier alpha value is -0.690. The molecule has 3 N–H and O–H groups in total. The van der Waals surface area contributed by atoms with E-state index < -0.39 is 0 Å². The standard InChI is InChI=1S/C9H11BrN4S/c1-14-5-12-2-8(14)9(13-11)6-3-15-4-7(6)10/h2-5,9,13H,11H2,1H3. The fraction of sp³-hybridized carbons (Fsp3) is 0.222. The molecule has 2 rings (SSSR count). The molecule has 0 aliphatic rings. The van der Waals surface area contributed by atoms with Crippen molar-refractivity contribution in [2.75, 3.05) is 0 Å². The first-order valence-corrected chi connectivity index (χ1v) is 6.11. The van der Waals surface area contributed by atoms with Crippen LogP contribution in [0.3, 0.4) is 0 Å². The van der Waals surface area contributed by atoms with E-state index in [-0.39, 0.29) is 6.04 Å². The van der Waals surface area contributed by atoms with Crippen LogP contribution in [-0.2, 0) is 7.05 Å². The van der Waals surface area contributed by atoms with Gasteiger partial charge in [-0.2, -0.15) is 11.3 Å². The van der Waals surface area contributed by atoms with Crippen LogP contribution in [-0.4, -0.2) is 9.55 Å². The van der Waals surface area contributed by atoms with Gasteiger partial charge in [-0.05, 0) is 21.3 Å². The van der Waals surface area contributed by atoms with Crippen LogP contribution in [0.5, 0.6) is 0 Å². The van der Waals surface area contributed by atoms with E-state index in [2.05, 4.69) is 31.7 Å². The Labute approximate surface area is 100 Å². The number of halogens is 1. The number of nitrogens with one attached hydrogen (secondary N) is 1. The van der Waals surface area contributed by atoms with Crippen LogP contribution in [0.4, 0.5) is 0 Å². The van der Waals surface area contributed by atoms with E-state index >= 15 is 0 Å². The zero-order valence-electron chi connectivity index (χ0n) is 8.14. The van der Waals surface area contributed by atoms with Crippen molar-refractivity contribution < 1.29 is 0 Å². The Kier molecular flexibility index (Phi) is 3.20. The number of rotatable bonds is 3. The Bertz CT molecular complexity index is 410. The number of aryl methyl sites for hydroxylation is 1. The molecule has 1 unspecified atom stereocenters. The van der Waals surface area contributed by atoms with E-state index in [4.69, 9.17) is 5.84 Å². The maximum Gasteiger partial charge on any atom is 0.0946 e. The van der Waals surface area contributed by atoms with Crippen molar-refractivity contribution in [1.29, 1.82) is 0 Å². The molecule has 2 aromatic rings. The summed E-state index contributed by atoms with van der Waals surface area (Å²) < 4.78 is 3.02. The van der Waals surface area contributed by atoms with E-state index in [1.54, 1.807) is 17.7 Å². The summed E-state index contributed by atoms with van der Waals surface area (Å²) in [6, 6.07) is -0.0295. The lowest BCUT2D eigenvalue weighted by atomic mass is 10.1. The number of imidazole rings is 1. The van der Waals surface area contributed by atoms with Gasteiger partial charge in [-0.1, -0.05) is 0 Å². The number of thiophene rings is 1. The molecule has 0 saturated heterocycles. The summed E-state index contributed by atoms with van der Waals surface area (Å²) in [5, 5.41) is 4.11. The zero-order valence-corrected chi connectivity index (χ0v) is 10.5. The number of nitrogens with zero attached hydrogens (tertiary/aromatic N) is 2. The molecular weight excluding hydrogens is 276 g/mol. The molecule has 0 spiro atoms. The van der Waals surface area contributed by atoms with E-state index in [1.807, 2.05) is 23.2 Å². The molecule has 2 aromatic heterocycles. The Morgan fingerprint density at radius 2 is 2.40 bits per heavy atom. The summed E-state index contributed by atoms with van der Waals surface area (Å²) in [6.07, 6.45) is 3.58. The van der Waals surface area contributed by atoms with E-state index in [9.17, 15) is 0 Å². The Balaban J connectivity index is 2.41. The highest BCUT2D eigenvalue weighted by Crippen LogP contribution is 2.30. The second-order valence-electron chi connectivity index (χ2n) is 3.20. The molecule has 1 atom stereocenters. The Morgan fingerprint density at radius 3 is 2.87 bits per heavy atom. The Morgan fingerprint density at radius 1 is 1.60 bits per heavy atom. The summed E-state index contributed by atoms with van der Waals surface area (Å²) >= 11 is 5.14. The third-order valence-corrected chi connectivity index (χ3v) is 4.02. The maximum absolute atomic E-state index is 5.59. The van der Waals surface area contributed by atoms with Crippen molar-refractivity contribution >= 4 is 27.3 Å². The van der Waals surface area contributed by atoms with Gasteiger partial charge in [0.25, 0.3) is 0 Å². The second-order valence-corrected chi connectivity index (χ2v) is 4.80. The van der Waals surface area contributed by atoms with Crippen molar-refractivity contribution in [3.05, 3.63) is 39.0 Å². The van der Waals surface area contributed by atoms with Crippen LogP contribution in [0.25, 0.3) is 0 Å². The maximum atomic E-state index is 5.59. The molecule has 0 saturated carbocycles. The van der Waals surface area contributed by atoms with E-state index in [0.717, 1.165) is 15.7 Å². The molecule has 0 amide bonds. The molecular formula is C9H11BrN4S. The highest BCUT2D eigenvalue weighted by Gasteiger charge is 2.18. The van der Waals surface area contributed by atoms with Crippen molar-refractivity contribution in [2.45, 2.75) is 6.04 Å². The minimum atomic E-state index is -0.0295. The second kappa shape index (κ2) is 4.44. The summed E-state index contributed by atoms with van der Waals surface area (Å²) in [5.41, 5.74) is 4.97. The van der Waals surface area contributed by atoms with Gasteiger partial charge < -0.3 is 4.57 Å². The van der Waals surface area contributed by atoms with Gasteiger partial charge in [-0.25, -0.2) is 10.4 Å². The monoisotopic (exact) mass is 286 g/mol. The predicted octanol–water partition coefficient (Wildman–Crippen LogP) is 1.80. The average molecular weight is 287 g/mol. The summed E-state index contributed by atoms with van der Waals surface area (Å²) in [5.74, 6) is 5.59.